The maximum atomic E-state index is 6.08. The number of aromatic nitrogens is 2. The van der Waals surface area contributed by atoms with Crippen molar-refractivity contribution in [2.75, 3.05) is 5.43 Å². The fraction of sp³-hybridized carbons (Fsp3) is 0. The molecule has 1 aromatic heterocycles. The van der Waals surface area contributed by atoms with Gasteiger partial charge in [-0.05, 0) is 18.2 Å². The number of hydrogen-bond donors (Lipinski definition) is 1. The van der Waals surface area contributed by atoms with E-state index in [2.05, 4.69) is 20.5 Å². The van der Waals surface area contributed by atoms with Gasteiger partial charge in [-0.1, -0.05) is 46.9 Å². The number of para-hydroxylation sites is 1. The molecule has 7 heteroatoms. The van der Waals surface area contributed by atoms with Crippen LogP contribution in [0.2, 0.25) is 15.1 Å². The van der Waals surface area contributed by atoms with Crippen LogP contribution in [-0.2, 0) is 0 Å². The summed E-state index contributed by atoms with van der Waals surface area (Å²) in [6.45, 7) is 0. The fourth-order valence-corrected chi connectivity index (χ4v) is 2.84. The highest BCUT2D eigenvalue weighted by Crippen LogP contribution is 2.33. The first-order valence-electron chi connectivity index (χ1n) is 6.28. The van der Waals surface area contributed by atoms with Gasteiger partial charge in [0.2, 0.25) is 0 Å². The zero-order valence-corrected chi connectivity index (χ0v) is 13.4. The average molecular weight is 352 g/mol. The van der Waals surface area contributed by atoms with Crippen molar-refractivity contribution in [3.05, 3.63) is 63.4 Å². The zero-order valence-electron chi connectivity index (χ0n) is 11.1. The summed E-state index contributed by atoms with van der Waals surface area (Å²) in [6.07, 6.45) is 4.92. The second kappa shape index (κ2) is 6.48. The number of hydrogen-bond acceptors (Lipinski definition) is 4. The Morgan fingerprint density at radius 2 is 1.73 bits per heavy atom. The van der Waals surface area contributed by atoms with Crippen molar-refractivity contribution in [2.24, 2.45) is 5.10 Å². The zero-order chi connectivity index (χ0) is 15.5. The molecule has 3 rings (SSSR count). The van der Waals surface area contributed by atoms with Gasteiger partial charge < -0.3 is 0 Å². The minimum absolute atomic E-state index is 0.396. The van der Waals surface area contributed by atoms with Crippen molar-refractivity contribution >= 4 is 57.7 Å². The molecule has 1 heterocycles. The molecule has 0 spiro atoms. The summed E-state index contributed by atoms with van der Waals surface area (Å²) in [6, 6.07) is 8.86. The molecule has 0 aliphatic carbocycles. The van der Waals surface area contributed by atoms with Crippen molar-refractivity contribution in [3.63, 3.8) is 0 Å². The van der Waals surface area contributed by atoms with E-state index in [0.717, 1.165) is 16.6 Å². The van der Waals surface area contributed by atoms with Gasteiger partial charge in [0.15, 0.2) is 0 Å². The lowest BCUT2D eigenvalue weighted by molar-refractivity contribution is 1.29. The average Bonchev–Trinajstić information content (AvgIpc) is 2.50. The van der Waals surface area contributed by atoms with Gasteiger partial charge in [-0.25, -0.2) is 0 Å². The third-order valence-electron chi connectivity index (χ3n) is 2.92. The summed E-state index contributed by atoms with van der Waals surface area (Å²) in [5.74, 6) is 0. The maximum Gasteiger partial charge on any atom is 0.0975 e. The van der Waals surface area contributed by atoms with Crippen LogP contribution in [0.5, 0.6) is 0 Å². The molecule has 110 valence electrons. The molecule has 0 saturated heterocycles. The van der Waals surface area contributed by atoms with E-state index in [-0.39, 0.29) is 0 Å². The molecule has 0 atom stereocenters. The van der Waals surface area contributed by atoms with Crippen molar-refractivity contribution in [1.29, 1.82) is 0 Å². The predicted octanol–water partition coefficient (Wildman–Crippen LogP) is 5.04. The topological polar surface area (TPSA) is 50.2 Å². The van der Waals surface area contributed by atoms with E-state index in [4.69, 9.17) is 34.8 Å². The molecular formula is C15H9Cl3N4. The smallest absolute Gasteiger partial charge is 0.0975 e. The van der Waals surface area contributed by atoms with E-state index in [9.17, 15) is 0 Å². The summed E-state index contributed by atoms with van der Waals surface area (Å²) in [5, 5.41) is 5.42. The highest BCUT2D eigenvalue weighted by molar-refractivity contribution is 6.41. The molecule has 4 nitrogen and oxygen atoms in total. The lowest BCUT2D eigenvalue weighted by atomic mass is 10.2. The number of nitrogens with one attached hydrogen (secondary N) is 1. The Hall–Kier alpha value is -1.88. The van der Waals surface area contributed by atoms with Gasteiger partial charge in [0.1, 0.15) is 0 Å². The molecule has 0 bridgehead atoms. The Morgan fingerprint density at radius 3 is 2.50 bits per heavy atom. The van der Waals surface area contributed by atoms with Crippen LogP contribution >= 0.6 is 34.8 Å². The number of anilines is 1. The van der Waals surface area contributed by atoms with E-state index in [1.54, 1.807) is 30.7 Å². The molecule has 0 amide bonds. The predicted molar refractivity (Wildman–Crippen MR) is 92.2 cm³/mol. The Balaban J connectivity index is 1.89. The number of nitrogens with zero attached hydrogens (tertiary/aromatic N) is 3. The first kappa shape index (κ1) is 15.0. The molecule has 0 unspecified atom stereocenters. The Kier molecular flexibility index (Phi) is 4.43. The number of benzene rings is 2. The van der Waals surface area contributed by atoms with E-state index < -0.39 is 0 Å². The number of rotatable bonds is 3. The minimum Gasteiger partial charge on any atom is -0.275 e. The standard InChI is InChI=1S/C15H9Cl3N4/c16-10-6-11(17)15(12(18)7-10)22-21-8-9-2-1-3-13-14(9)20-5-4-19-13/h1-8,22H/b21-8+. The van der Waals surface area contributed by atoms with E-state index >= 15 is 0 Å². The molecule has 0 radical (unpaired) electrons. The molecule has 0 aliphatic rings. The molecule has 0 aliphatic heterocycles. The van der Waals surface area contributed by atoms with Gasteiger partial charge in [-0.2, -0.15) is 5.10 Å². The highest BCUT2D eigenvalue weighted by atomic mass is 35.5. The number of halogens is 3. The first-order chi connectivity index (χ1) is 10.6. The molecule has 1 N–H and O–H groups in total. The van der Waals surface area contributed by atoms with Crippen LogP contribution in [0.3, 0.4) is 0 Å². The highest BCUT2D eigenvalue weighted by Gasteiger charge is 2.06. The molecule has 0 saturated carbocycles. The van der Waals surface area contributed by atoms with Crippen LogP contribution < -0.4 is 5.43 Å². The second-order valence-electron chi connectivity index (χ2n) is 4.39. The summed E-state index contributed by atoms with van der Waals surface area (Å²) < 4.78 is 0. The Labute approximate surface area is 141 Å². The molecule has 3 aromatic rings. The summed E-state index contributed by atoms with van der Waals surface area (Å²) in [5.41, 5.74) is 5.72. The third-order valence-corrected chi connectivity index (χ3v) is 3.73. The van der Waals surface area contributed by atoms with Gasteiger partial charge in [0.25, 0.3) is 0 Å². The van der Waals surface area contributed by atoms with Gasteiger partial charge in [0, 0.05) is 23.0 Å². The lowest BCUT2D eigenvalue weighted by Gasteiger charge is -2.06. The van der Waals surface area contributed by atoms with Gasteiger partial charge in [-0.3, -0.25) is 15.4 Å². The molecule has 22 heavy (non-hydrogen) atoms. The van der Waals surface area contributed by atoms with Crippen LogP contribution in [0.25, 0.3) is 11.0 Å². The van der Waals surface area contributed by atoms with Crippen molar-refractivity contribution in [1.82, 2.24) is 9.97 Å². The van der Waals surface area contributed by atoms with Crippen LogP contribution in [0.4, 0.5) is 5.69 Å². The van der Waals surface area contributed by atoms with Crippen LogP contribution in [0.15, 0.2) is 47.8 Å². The summed E-state index contributed by atoms with van der Waals surface area (Å²) in [4.78, 5) is 8.55. The molecule has 2 aromatic carbocycles. The van der Waals surface area contributed by atoms with Crippen LogP contribution in [-0.4, -0.2) is 16.2 Å². The van der Waals surface area contributed by atoms with E-state index in [1.807, 2.05) is 18.2 Å². The number of hydrazone groups is 1. The minimum atomic E-state index is 0.396. The second-order valence-corrected chi connectivity index (χ2v) is 5.64. The van der Waals surface area contributed by atoms with Gasteiger partial charge in [0.05, 0.1) is 33.0 Å². The summed E-state index contributed by atoms with van der Waals surface area (Å²) >= 11 is 18.0. The number of fused-ring (bicyclic) bond motifs is 1. The lowest BCUT2D eigenvalue weighted by Crippen LogP contribution is -1.94. The normalized spacial score (nSPS) is 11.2. The monoisotopic (exact) mass is 350 g/mol. The van der Waals surface area contributed by atoms with Crippen molar-refractivity contribution < 1.29 is 0 Å². The van der Waals surface area contributed by atoms with Crippen molar-refractivity contribution in [3.8, 4) is 0 Å². The summed E-state index contributed by atoms with van der Waals surface area (Å²) in [7, 11) is 0. The Morgan fingerprint density at radius 1 is 1.00 bits per heavy atom. The SMILES string of the molecule is Clc1cc(Cl)c(N/N=C/c2cccc3nccnc23)c(Cl)c1. The van der Waals surface area contributed by atoms with Gasteiger partial charge >= 0.3 is 0 Å². The molecule has 0 fully saturated rings. The maximum absolute atomic E-state index is 6.08. The largest absolute Gasteiger partial charge is 0.275 e. The Bertz CT molecular complexity index is 836. The van der Waals surface area contributed by atoms with Crippen molar-refractivity contribution in [2.45, 2.75) is 0 Å². The van der Waals surface area contributed by atoms with Gasteiger partial charge in [-0.15, -0.1) is 0 Å². The van der Waals surface area contributed by atoms with E-state index in [0.29, 0.717) is 20.8 Å². The van der Waals surface area contributed by atoms with Crippen LogP contribution in [0.1, 0.15) is 5.56 Å². The quantitative estimate of drug-likeness (QED) is 0.531. The third kappa shape index (κ3) is 3.14. The molecular weight excluding hydrogens is 343 g/mol. The first-order valence-corrected chi connectivity index (χ1v) is 7.42. The van der Waals surface area contributed by atoms with Crippen LogP contribution in [0, 0.1) is 0 Å². The van der Waals surface area contributed by atoms with E-state index in [1.165, 1.54) is 0 Å². The fourth-order valence-electron chi connectivity index (χ4n) is 1.93.